The third-order valence-corrected chi connectivity index (χ3v) is 6.57. The summed E-state index contributed by atoms with van der Waals surface area (Å²) in [6.45, 7) is 2.85. The number of benzene rings is 3. The van der Waals surface area contributed by atoms with Gasteiger partial charge in [0, 0.05) is 13.1 Å². The number of amides is 2. The maximum absolute atomic E-state index is 13.8. The highest BCUT2D eigenvalue weighted by molar-refractivity contribution is 5.90. The van der Waals surface area contributed by atoms with Crippen LogP contribution in [0.15, 0.2) is 78.9 Å². The summed E-state index contributed by atoms with van der Waals surface area (Å²) in [6.07, 6.45) is 0.0420. The largest absolute Gasteiger partial charge is 0.497 e. The summed E-state index contributed by atoms with van der Waals surface area (Å²) in [7, 11) is 1.62. The fourth-order valence-electron chi connectivity index (χ4n) is 4.68. The number of ether oxygens (including phenoxy) is 1. The highest BCUT2D eigenvalue weighted by Crippen LogP contribution is 2.37. The van der Waals surface area contributed by atoms with E-state index in [2.05, 4.69) is 5.32 Å². The van der Waals surface area contributed by atoms with Gasteiger partial charge in [0.25, 0.3) is 0 Å². The van der Waals surface area contributed by atoms with E-state index in [4.69, 9.17) is 9.72 Å². The normalized spacial score (nSPS) is 17.3. The molecular weight excluding hydrogens is 440 g/mol. The molecule has 0 fully saturated rings. The molecular formula is C28H28N4O3. The van der Waals surface area contributed by atoms with Crippen molar-refractivity contribution in [3.8, 4) is 5.75 Å². The van der Waals surface area contributed by atoms with Crippen LogP contribution in [0.2, 0.25) is 0 Å². The quantitative estimate of drug-likeness (QED) is 0.436. The van der Waals surface area contributed by atoms with Gasteiger partial charge in [-0.3, -0.25) is 9.59 Å². The Kier molecular flexibility index (Phi) is 6.23. The Morgan fingerprint density at radius 2 is 1.69 bits per heavy atom. The second kappa shape index (κ2) is 9.62. The van der Waals surface area contributed by atoms with Crippen molar-refractivity contribution in [3.63, 3.8) is 0 Å². The molecule has 2 atom stereocenters. The minimum Gasteiger partial charge on any atom is -0.497 e. The third-order valence-electron chi connectivity index (χ3n) is 6.57. The summed E-state index contributed by atoms with van der Waals surface area (Å²) < 4.78 is 7.15. The van der Waals surface area contributed by atoms with Crippen molar-refractivity contribution in [2.45, 2.75) is 38.5 Å². The van der Waals surface area contributed by atoms with Crippen LogP contribution >= 0.6 is 0 Å². The van der Waals surface area contributed by atoms with E-state index in [9.17, 15) is 9.59 Å². The highest BCUT2D eigenvalue weighted by atomic mass is 16.5. The smallest absolute Gasteiger partial charge is 0.247 e. The summed E-state index contributed by atoms with van der Waals surface area (Å²) in [5.74, 6) is 1.31. The standard InChI is InChI=1S/C28H28N4O3/c1-19-27-30-23-10-6-7-11-24(23)32(27)25(28(34)31(19)18-21-8-4-3-5-9-21)16-26(33)29-17-20-12-14-22(35-2)15-13-20/h3-15,19,25H,16-18H2,1-2H3,(H,29,33)/t19-,25+/m1/s1. The number of carbonyl (C=O) groups excluding carboxylic acids is 2. The molecule has 0 aliphatic carbocycles. The summed E-state index contributed by atoms with van der Waals surface area (Å²) >= 11 is 0. The Morgan fingerprint density at radius 3 is 2.43 bits per heavy atom. The topological polar surface area (TPSA) is 76.5 Å². The number of methoxy groups -OCH3 is 1. The number of carbonyl (C=O) groups is 2. The predicted molar refractivity (Wildman–Crippen MR) is 134 cm³/mol. The fraction of sp³-hybridized carbons (Fsp3) is 0.250. The van der Waals surface area contributed by atoms with Gasteiger partial charge in [0.15, 0.2) is 0 Å². The summed E-state index contributed by atoms with van der Waals surface area (Å²) in [4.78, 5) is 33.5. The first-order chi connectivity index (χ1) is 17.0. The second-order valence-electron chi connectivity index (χ2n) is 8.80. The van der Waals surface area contributed by atoms with Gasteiger partial charge in [-0.1, -0.05) is 54.6 Å². The van der Waals surface area contributed by atoms with Gasteiger partial charge in [0.05, 0.1) is 30.6 Å². The molecule has 7 heteroatoms. The zero-order chi connectivity index (χ0) is 24.4. The number of aromatic nitrogens is 2. The van der Waals surface area contributed by atoms with Gasteiger partial charge < -0.3 is 19.5 Å². The highest BCUT2D eigenvalue weighted by Gasteiger charge is 2.40. The van der Waals surface area contributed by atoms with E-state index in [0.717, 1.165) is 33.7 Å². The van der Waals surface area contributed by atoms with Crippen molar-refractivity contribution in [2.24, 2.45) is 0 Å². The van der Waals surface area contributed by atoms with Crippen LogP contribution < -0.4 is 10.1 Å². The van der Waals surface area contributed by atoms with Crippen LogP contribution in [0.5, 0.6) is 5.75 Å². The average Bonchev–Trinajstić information content (AvgIpc) is 3.28. The molecule has 0 saturated carbocycles. The lowest BCUT2D eigenvalue weighted by molar-refractivity contribution is -0.142. The van der Waals surface area contributed by atoms with Gasteiger partial charge in [-0.2, -0.15) is 0 Å². The molecule has 0 radical (unpaired) electrons. The van der Waals surface area contributed by atoms with E-state index < -0.39 is 6.04 Å². The van der Waals surface area contributed by atoms with E-state index in [1.165, 1.54) is 0 Å². The molecule has 4 aromatic rings. The molecule has 178 valence electrons. The lowest BCUT2D eigenvalue weighted by Crippen LogP contribution is -2.46. The molecule has 5 rings (SSSR count). The van der Waals surface area contributed by atoms with Crippen LogP contribution in [0.4, 0.5) is 0 Å². The van der Waals surface area contributed by atoms with Gasteiger partial charge in [-0.05, 0) is 42.3 Å². The number of nitrogens with zero attached hydrogens (tertiary/aromatic N) is 3. The van der Waals surface area contributed by atoms with E-state index in [0.29, 0.717) is 13.1 Å². The third kappa shape index (κ3) is 4.49. The van der Waals surface area contributed by atoms with Crippen molar-refractivity contribution >= 4 is 22.8 Å². The molecule has 35 heavy (non-hydrogen) atoms. The lowest BCUT2D eigenvalue weighted by Gasteiger charge is -2.38. The van der Waals surface area contributed by atoms with Crippen molar-refractivity contribution in [1.82, 2.24) is 19.8 Å². The van der Waals surface area contributed by atoms with Gasteiger partial charge >= 0.3 is 0 Å². The Hall–Kier alpha value is -4.13. The summed E-state index contributed by atoms with van der Waals surface area (Å²) in [5, 5.41) is 2.97. The molecule has 0 saturated heterocycles. The van der Waals surface area contributed by atoms with Crippen LogP contribution in [0.25, 0.3) is 11.0 Å². The number of imidazole rings is 1. The number of rotatable bonds is 7. The number of hydrogen-bond donors (Lipinski definition) is 1. The molecule has 0 bridgehead atoms. The molecule has 0 unspecified atom stereocenters. The van der Waals surface area contributed by atoms with Gasteiger partial charge in [-0.25, -0.2) is 4.98 Å². The summed E-state index contributed by atoms with van der Waals surface area (Å²) in [5.41, 5.74) is 3.70. The Morgan fingerprint density at radius 1 is 0.971 bits per heavy atom. The van der Waals surface area contributed by atoms with Gasteiger partial charge in [0.2, 0.25) is 11.8 Å². The van der Waals surface area contributed by atoms with E-state index >= 15 is 0 Å². The molecule has 2 heterocycles. The van der Waals surface area contributed by atoms with Gasteiger partial charge in [-0.15, -0.1) is 0 Å². The van der Waals surface area contributed by atoms with E-state index in [-0.39, 0.29) is 24.3 Å². The molecule has 7 nitrogen and oxygen atoms in total. The van der Waals surface area contributed by atoms with Crippen molar-refractivity contribution in [1.29, 1.82) is 0 Å². The average molecular weight is 469 g/mol. The first kappa shape index (κ1) is 22.7. The molecule has 0 spiro atoms. The van der Waals surface area contributed by atoms with Gasteiger partial charge in [0.1, 0.15) is 17.6 Å². The number of fused-ring (bicyclic) bond motifs is 3. The zero-order valence-corrected chi connectivity index (χ0v) is 19.8. The number of nitrogens with one attached hydrogen (secondary N) is 1. The second-order valence-corrected chi connectivity index (χ2v) is 8.80. The minimum absolute atomic E-state index is 0.0420. The van der Waals surface area contributed by atoms with Crippen molar-refractivity contribution < 1.29 is 14.3 Å². The molecule has 1 N–H and O–H groups in total. The molecule has 2 amide bonds. The van der Waals surface area contributed by atoms with Crippen LogP contribution in [0, 0.1) is 0 Å². The lowest BCUT2D eigenvalue weighted by atomic mass is 10.0. The van der Waals surface area contributed by atoms with Crippen LogP contribution in [0.3, 0.4) is 0 Å². The molecule has 1 aliphatic rings. The Bertz CT molecular complexity index is 1350. The summed E-state index contributed by atoms with van der Waals surface area (Å²) in [6, 6.07) is 24.4. The maximum Gasteiger partial charge on any atom is 0.247 e. The first-order valence-corrected chi connectivity index (χ1v) is 11.8. The van der Waals surface area contributed by atoms with Crippen LogP contribution in [-0.4, -0.2) is 33.4 Å². The molecule has 1 aliphatic heterocycles. The zero-order valence-electron chi connectivity index (χ0n) is 19.8. The molecule has 1 aromatic heterocycles. The van der Waals surface area contributed by atoms with E-state index in [1.54, 1.807) is 7.11 Å². The predicted octanol–water partition coefficient (Wildman–Crippen LogP) is 4.40. The SMILES string of the molecule is COc1ccc(CNC(=O)C[C@H]2C(=O)N(Cc3ccccc3)[C@H](C)c3nc4ccccc4n32)cc1. The Balaban J connectivity index is 1.42. The van der Waals surface area contributed by atoms with E-state index in [1.807, 2.05) is 95.3 Å². The number of hydrogen-bond acceptors (Lipinski definition) is 4. The minimum atomic E-state index is -0.659. The van der Waals surface area contributed by atoms with Crippen LogP contribution in [-0.2, 0) is 22.7 Å². The maximum atomic E-state index is 13.8. The Labute approximate surface area is 204 Å². The monoisotopic (exact) mass is 468 g/mol. The first-order valence-electron chi connectivity index (χ1n) is 11.8. The van der Waals surface area contributed by atoms with Crippen molar-refractivity contribution in [2.75, 3.05) is 7.11 Å². The fourth-order valence-corrected chi connectivity index (χ4v) is 4.68. The van der Waals surface area contributed by atoms with Crippen molar-refractivity contribution in [3.05, 3.63) is 95.8 Å². The molecule has 3 aromatic carbocycles. The number of para-hydroxylation sites is 2. The van der Waals surface area contributed by atoms with Crippen LogP contribution in [0.1, 0.15) is 42.4 Å².